The summed E-state index contributed by atoms with van der Waals surface area (Å²) in [6.45, 7) is 0.671. The van der Waals surface area contributed by atoms with E-state index in [2.05, 4.69) is 33.4 Å². The Hall–Kier alpha value is -2.56. The van der Waals surface area contributed by atoms with Gasteiger partial charge in [0.2, 0.25) is 5.91 Å². The number of carbonyl (C=O) groups excluding carboxylic acids is 1. The molecule has 3 N–H and O–H groups in total. The first-order valence-corrected chi connectivity index (χ1v) is 6.32. The molecule has 0 aliphatic carbocycles. The van der Waals surface area contributed by atoms with Gasteiger partial charge >= 0.3 is 0 Å². The Labute approximate surface area is 118 Å². The molecule has 0 aliphatic heterocycles. The minimum Gasteiger partial charge on any atom is -0.378 e. The number of benzene rings is 1. The molecular weight excluding hydrogens is 252 g/mol. The van der Waals surface area contributed by atoms with Crippen LogP contribution in [0, 0.1) is 0 Å². The molecule has 1 amide bonds. The highest BCUT2D eigenvalue weighted by molar-refractivity contribution is 5.92. The Balaban J connectivity index is 2.01. The second-order valence-electron chi connectivity index (χ2n) is 4.71. The van der Waals surface area contributed by atoms with E-state index in [-0.39, 0.29) is 0 Å². The predicted molar refractivity (Wildman–Crippen MR) is 80.9 cm³/mol. The van der Waals surface area contributed by atoms with Crippen molar-refractivity contribution in [1.82, 2.24) is 4.98 Å². The van der Waals surface area contributed by atoms with Crippen molar-refractivity contribution in [3.8, 4) is 0 Å². The number of hydrogen-bond acceptors (Lipinski definition) is 4. The van der Waals surface area contributed by atoms with Crippen molar-refractivity contribution >= 4 is 17.4 Å². The summed E-state index contributed by atoms with van der Waals surface area (Å²) >= 11 is 0. The van der Waals surface area contributed by atoms with Crippen LogP contribution < -0.4 is 16.0 Å². The SMILES string of the molecule is CN(C)c1cccc(CNc2ccc(C(N)=O)cn2)c1. The van der Waals surface area contributed by atoms with Gasteiger partial charge in [-0.25, -0.2) is 4.98 Å². The van der Waals surface area contributed by atoms with Gasteiger partial charge in [0.25, 0.3) is 0 Å². The summed E-state index contributed by atoms with van der Waals surface area (Å²) in [6, 6.07) is 11.7. The zero-order valence-corrected chi connectivity index (χ0v) is 11.6. The fraction of sp³-hybridized carbons (Fsp3) is 0.200. The van der Waals surface area contributed by atoms with Gasteiger partial charge in [-0.2, -0.15) is 0 Å². The average molecular weight is 270 g/mol. The molecule has 2 aromatic rings. The van der Waals surface area contributed by atoms with E-state index < -0.39 is 5.91 Å². The summed E-state index contributed by atoms with van der Waals surface area (Å²) in [7, 11) is 4.02. The number of amides is 1. The number of primary amides is 1. The van der Waals surface area contributed by atoms with Gasteiger partial charge in [-0.15, -0.1) is 0 Å². The second-order valence-corrected chi connectivity index (χ2v) is 4.71. The summed E-state index contributed by atoms with van der Waals surface area (Å²) in [6.07, 6.45) is 1.47. The van der Waals surface area contributed by atoms with E-state index in [1.165, 1.54) is 6.20 Å². The maximum atomic E-state index is 11.0. The zero-order chi connectivity index (χ0) is 14.5. The van der Waals surface area contributed by atoms with Crippen LogP contribution in [-0.4, -0.2) is 25.0 Å². The highest BCUT2D eigenvalue weighted by Crippen LogP contribution is 2.14. The number of rotatable bonds is 5. The minimum absolute atomic E-state index is 0.408. The van der Waals surface area contributed by atoms with Crippen LogP contribution in [-0.2, 0) is 6.54 Å². The zero-order valence-electron chi connectivity index (χ0n) is 11.6. The molecule has 5 heteroatoms. The molecule has 0 bridgehead atoms. The van der Waals surface area contributed by atoms with Crippen LogP contribution in [0.25, 0.3) is 0 Å². The normalized spacial score (nSPS) is 10.1. The second kappa shape index (κ2) is 6.06. The minimum atomic E-state index is -0.470. The van der Waals surface area contributed by atoms with Crippen LogP contribution in [0.1, 0.15) is 15.9 Å². The molecule has 0 saturated carbocycles. The van der Waals surface area contributed by atoms with E-state index in [9.17, 15) is 4.79 Å². The van der Waals surface area contributed by atoms with E-state index in [1.807, 2.05) is 20.2 Å². The van der Waals surface area contributed by atoms with Crippen LogP contribution >= 0.6 is 0 Å². The van der Waals surface area contributed by atoms with Crippen molar-refractivity contribution in [2.45, 2.75) is 6.54 Å². The first kappa shape index (κ1) is 13.9. The molecule has 20 heavy (non-hydrogen) atoms. The van der Waals surface area contributed by atoms with Gasteiger partial charge < -0.3 is 16.0 Å². The Morgan fingerprint density at radius 1 is 1.30 bits per heavy atom. The third-order valence-electron chi connectivity index (χ3n) is 2.95. The van der Waals surface area contributed by atoms with Crippen molar-refractivity contribution in [2.24, 2.45) is 5.73 Å². The molecule has 1 aromatic carbocycles. The lowest BCUT2D eigenvalue weighted by Crippen LogP contribution is -2.11. The van der Waals surface area contributed by atoms with Gasteiger partial charge in [-0.3, -0.25) is 4.79 Å². The Kier molecular flexibility index (Phi) is 4.20. The van der Waals surface area contributed by atoms with Gasteiger partial charge in [-0.1, -0.05) is 12.1 Å². The Bertz CT molecular complexity index is 593. The van der Waals surface area contributed by atoms with Crippen LogP contribution in [0.5, 0.6) is 0 Å². The number of anilines is 2. The molecule has 2 rings (SSSR count). The summed E-state index contributed by atoms with van der Waals surface area (Å²) < 4.78 is 0. The number of carbonyl (C=O) groups is 1. The molecule has 0 radical (unpaired) electrons. The molecule has 1 heterocycles. The highest BCUT2D eigenvalue weighted by atomic mass is 16.1. The van der Waals surface area contributed by atoms with E-state index in [0.29, 0.717) is 17.9 Å². The number of nitrogens with two attached hydrogens (primary N) is 1. The standard InChI is InChI=1S/C15H18N4O/c1-19(2)13-5-3-4-11(8-13)9-17-14-7-6-12(10-18-14)15(16)20/h3-8,10H,9H2,1-2H3,(H2,16,20)(H,17,18). The summed E-state index contributed by atoms with van der Waals surface area (Å²) in [5, 5.41) is 3.21. The van der Waals surface area contributed by atoms with Crippen molar-refractivity contribution < 1.29 is 4.79 Å². The molecule has 104 valence electrons. The molecular formula is C15H18N4O. The van der Waals surface area contributed by atoms with Crippen LogP contribution in [0.4, 0.5) is 11.5 Å². The van der Waals surface area contributed by atoms with Gasteiger partial charge in [0, 0.05) is 32.5 Å². The van der Waals surface area contributed by atoms with E-state index in [4.69, 9.17) is 5.73 Å². The number of nitrogens with zero attached hydrogens (tertiary/aromatic N) is 2. The molecule has 5 nitrogen and oxygen atoms in total. The number of hydrogen-bond donors (Lipinski definition) is 2. The summed E-state index contributed by atoms with van der Waals surface area (Å²) in [5.41, 5.74) is 7.90. The summed E-state index contributed by atoms with van der Waals surface area (Å²) in [4.78, 5) is 17.2. The van der Waals surface area contributed by atoms with Gasteiger partial charge in [-0.05, 0) is 29.8 Å². The Morgan fingerprint density at radius 2 is 2.10 bits per heavy atom. The van der Waals surface area contributed by atoms with Crippen LogP contribution in [0.2, 0.25) is 0 Å². The Morgan fingerprint density at radius 3 is 2.70 bits per heavy atom. The van der Waals surface area contributed by atoms with E-state index >= 15 is 0 Å². The average Bonchev–Trinajstić information content (AvgIpc) is 2.46. The maximum absolute atomic E-state index is 11.0. The first-order chi connectivity index (χ1) is 9.56. The number of pyridine rings is 1. The largest absolute Gasteiger partial charge is 0.378 e. The van der Waals surface area contributed by atoms with Gasteiger partial charge in [0.1, 0.15) is 5.82 Å². The van der Waals surface area contributed by atoms with Crippen LogP contribution in [0.3, 0.4) is 0 Å². The molecule has 0 atom stereocenters. The quantitative estimate of drug-likeness (QED) is 0.870. The molecule has 0 spiro atoms. The lowest BCUT2D eigenvalue weighted by molar-refractivity contribution is 0.1000. The lowest BCUT2D eigenvalue weighted by atomic mass is 10.2. The lowest BCUT2D eigenvalue weighted by Gasteiger charge is -2.14. The van der Waals surface area contributed by atoms with E-state index in [0.717, 1.165) is 11.3 Å². The van der Waals surface area contributed by atoms with Gasteiger partial charge in [0.15, 0.2) is 0 Å². The molecule has 0 saturated heterocycles. The number of nitrogens with one attached hydrogen (secondary N) is 1. The smallest absolute Gasteiger partial charge is 0.250 e. The summed E-state index contributed by atoms with van der Waals surface area (Å²) in [5.74, 6) is 0.244. The third kappa shape index (κ3) is 3.47. The first-order valence-electron chi connectivity index (χ1n) is 6.32. The maximum Gasteiger partial charge on any atom is 0.250 e. The topological polar surface area (TPSA) is 71.2 Å². The molecule has 0 unspecified atom stereocenters. The van der Waals surface area contributed by atoms with Crippen molar-refractivity contribution in [3.05, 3.63) is 53.7 Å². The monoisotopic (exact) mass is 270 g/mol. The highest BCUT2D eigenvalue weighted by Gasteiger charge is 2.02. The molecule has 0 aliphatic rings. The van der Waals surface area contributed by atoms with Crippen molar-refractivity contribution in [2.75, 3.05) is 24.3 Å². The molecule has 0 fully saturated rings. The van der Waals surface area contributed by atoms with E-state index in [1.54, 1.807) is 12.1 Å². The predicted octanol–water partition coefficient (Wildman–Crippen LogP) is 1.86. The van der Waals surface area contributed by atoms with Crippen molar-refractivity contribution in [1.29, 1.82) is 0 Å². The van der Waals surface area contributed by atoms with Gasteiger partial charge in [0.05, 0.1) is 5.56 Å². The molecule has 1 aromatic heterocycles. The third-order valence-corrected chi connectivity index (χ3v) is 2.95. The van der Waals surface area contributed by atoms with Crippen molar-refractivity contribution in [3.63, 3.8) is 0 Å². The van der Waals surface area contributed by atoms with Crippen LogP contribution in [0.15, 0.2) is 42.6 Å². The number of aromatic nitrogens is 1. The fourth-order valence-corrected chi connectivity index (χ4v) is 1.78. The fourth-order valence-electron chi connectivity index (χ4n) is 1.78.